The second-order valence-corrected chi connectivity index (χ2v) is 3.91. The minimum Gasteiger partial charge on any atom is -0.759 e. The second-order valence-electron chi connectivity index (χ2n) is 1.46. The molecule has 21 heteroatoms. The van der Waals surface area contributed by atoms with E-state index in [0.29, 0.717) is 0 Å². The summed E-state index contributed by atoms with van der Waals surface area (Å²) in [7, 11) is -15.5. The van der Waals surface area contributed by atoms with Crippen LogP contribution in [-0.4, -0.2) is 62.9 Å². The van der Waals surface area contributed by atoms with Crippen LogP contribution in [-0.2, 0) is 31.2 Å². The topological polar surface area (TPSA) is 304 Å². The summed E-state index contributed by atoms with van der Waals surface area (Å²) in [5.74, 6) is 0. The summed E-state index contributed by atoms with van der Waals surface area (Å²) in [6, 6.07) is 0. The first-order valence-corrected chi connectivity index (χ1v) is 6.57. The van der Waals surface area contributed by atoms with Gasteiger partial charge in [0.2, 0.25) is 0 Å². The summed E-state index contributed by atoms with van der Waals surface area (Å²) < 4.78 is 102. The minimum absolute atomic E-state index is 0. The van der Waals surface area contributed by atoms with Gasteiger partial charge in [0.25, 0.3) is 5.09 Å². The van der Waals surface area contributed by atoms with Crippen LogP contribution in [0.15, 0.2) is 0 Å². The molecule has 1 N–H and O–H groups in total. The molecule has 21 heavy (non-hydrogen) atoms. The van der Waals surface area contributed by atoms with Gasteiger partial charge in [-0.1, -0.05) is 0 Å². The van der Waals surface area contributed by atoms with Crippen LogP contribution in [0.2, 0.25) is 0 Å². The van der Waals surface area contributed by atoms with Crippen molar-refractivity contribution in [1.29, 1.82) is 0 Å². The molecule has 0 unspecified atom stereocenters. The summed E-state index contributed by atoms with van der Waals surface area (Å²) in [6.45, 7) is 0. The normalized spacial score (nSPS) is 9.43. The van der Waals surface area contributed by atoms with Gasteiger partial charge in [-0.25, -0.2) is 0 Å². The van der Waals surface area contributed by atoms with Crippen molar-refractivity contribution in [2.24, 2.45) is 0 Å². The third-order valence-electron chi connectivity index (χ3n) is 0. The van der Waals surface area contributed by atoms with E-state index >= 15 is 0 Å². The van der Waals surface area contributed by atoms with Gasteiger partial charge in [-0.15, -0.1) is 10.1 Å². The molecule has 0 aromatic rings. The Morgan fingerprint density at radius 1 is 0.619 bits per heavy atom. The number of hydrogen-bond acceptors (Lipinski definition) is 14. The van der Waals surface area contributed by atoms with Gasteiger partial charge < -0.3 is 32.5 Å². The molecule has 0 spiro atoms. The molecule has 122 valence electrons. The Bertz CT molecular complexity index is 424. The van der Waals surface area contributed by atoms with Gasteiger partial charge in [0, 0.05) is 31.2 Å². The zero-order chi connectivity index (χ0) is 17.1. The largest absolute Gasteiger partial charge is 3.00 e. The van der Waals surface area contributed by atoms with Crippen LogP contribution in [0.5, 0.6) is 0 Å². The quantitative estimate of drug-likeness (QED) is 0.114. The van der Waals surface area contributed by atoms with Gasteiger partial charge in [-0.3, -0.25) is 25.3 Å². The predicted octanol–water partition coefficient (Wildman–Crippen LogP) is -4.36. The van der Waals surface area contributed by atoms with Gasteiger partial charge in [-0.2, -0.15) is 0 Å². The molecule has 0 saturated carbocycles. The first-order chi connectivity index (χ1) is 7.73. The second kappa shape index (κ2) is 17.9. The van der Waals surface area contributed by atoms with E-state index in [-0.39, 0.29) is 83.5 Å². The first-order valence-electron chi connectivity index (χ1n) is 2.57. The molecule has 2 radical (unpaired) electrons. The molecule has 0 aliphatic rings. The van der Waals surface area contributed by atoms with E-state index in [2.05, 4.69) is 0 Å². The van der Waals surface area contributed by atoms with Gasteiger partial charge >= 0.3 is 83.5 Å². The van der Waals surface area contributed by atoms with Crippen LogP contribution in [0, 0.1) is 93.6 Å². The third-order valence-corrected chi connectivity index (χ3v) is 0. The standard InChI is InChI=1S/2Ce.HNO3.3H2O4S/c;;2-1(3)4;3*1-5(2,3)4/h;;(H,2,3,4);3*(H2,1,2,3,4)/q2*+3;;;;/p-6. The Morgan fingerprint density at radius 2 is 0.619 bits per heavy atom. The van der Waals surface area contributed by atoms with Gasteiger partial charge in [0.05, 0.1) is 0 Å². The first kappa shape index (κ1) is 38.2. The van der Waals surface area contributed by atoms with Crippen molar-refractivity contribution >= 4 is 31.2 Å². The Labute approximate surface area is 184 Å². The van der Waals surface area contributed by atoms with Crippen molar-refractivity contribution in [3.05, 3.63) is 10.1 Å². The molecule has 0 atom stereocenters. The summed E-state index contributed by atoms with van der Waals surface area (Å²) in [5.41, 5.74) is 0. The van der Waals surface area contributed by atoms with Gasteiger partial charge in [0.1, 0.15) is 0 Å². The average Bonchev–Trinajstić information content (AvgIpc) is 1.66. The number of rotatable bonds is 0. The van der Waals surface area contributed by atoms with Crippen LogP contribution in [0.3, 0.4) is 0 Å². The van der Waals surface area contributed by atoms with Crippen LogP contribution in [0.4, 0.5) is 0 Å². The van der Waals surface area contributed by atoms with E-state index in [1.807, 2.05) is 0 Å². The minimum atomic E-state index is -5.17. The monoisotopic (exact) mass is 631 g/mol. The van der Waals surface area contributed by atoms with Crippen LogP contribution in [0.1, 0.15) is 0 Å². The SMILES string of the molecule is O=S(=O)([O-])[O-].O=S(=O)([O-])[O-].O=S(=O)([O-])[O-].O=[N+]([O-])O.[Ce+3].[Ce+3]. The molecular formula is HCe2NO15S3. The van der Waals surface area contributed by atoms with E-state index in [4.69, 9.17) is 67.9 Å². The van der Waals surface area contributed by atoms with Crippen molar-refractivity contribution in [2.75, 3.05) is 0 Å². The molecule has 0 aliphatic heterocycles. The molecule has 0 aliphatic carbocycles. The molecule has 0 aromatic heterocycles. The fourth-order valence-electron chi connectivity index (χ4n) is 0. The van der Waals surface area contributed by atoms with Crippen LogP contribution >= 0.6 is 0 Å². The zero-order valence-corrected chi connectivity index (χ0v) is 17.6. The Hall–Kier alpha value is 1.56. The average molecular weight is 631 g/mol. The maximum Gasteiger partial charge on any atom is 3.00 e. The molecule has 16 nitrogen and oxygen atoms in total. The van der Waals surface area contributed by atoms with E-state index in [1.54, 1.807) is 0 Å². The molecule has 0 bridgehead atoms. The van der Waals surface area contributed by atoms with Crippen molar-refractivity contribution < 1.29 is 146 Å². The maximum atomic E-state index is 8.52. The van der Waals surface area contributed by atoms with Crippen molar-refractivity contribution in [3.8, 4) is 0 Å². The molecular weight excluding hydrogens is 630 g/mol. The molecule has 0 rings (SSSR count). The number of hydrogen-bond donors (Lipinski definition) is 1. The summed E-state index contributed by atoms with van der Waals surface area (Å²) >= 11 is 0. The summed E-state index contributed by atoms with van der Waals surface area (Å²) in [6.07, 6.45) is 0. The van der Waals surface area contributed by atoms with Crippen LogP contribution in [0.25, 0.3) is 0 Å². The van der Waals surface area contributed by atoms with E-state index in [0.717, 1.165) is 0 Å². The maximum absolute atomic E-state index is 8.52. The molecule has 0 amide bonds. The van der Waals surface area contributed by atoms with E-state index in [1.165, 1.54) is 0 Å². The molecule has 0 saturated heterocycles. The summed E-state index contributed by atoms with van der Waals surface area (Å²) in [4.78, 5) is 8.36. The van der Waals surface area contributed by atoms with Crippen LogP contribution < -0.4 is 0 Å². The smallest absolute Gasteiger partial charge is 0.759 e. The number of nitrogens with zero attached hydrogens (tertiary/aromatic N) is 1. The molecule has 0 heterocycles. The van der Waals surface area contributed by atoms with Crippen molar-refractivity contribution in [3.63, 3.8) is 0 Å². The Balaban J connectivity index is -0.0000000347. The van der Waals surface area contributed by atoms with Crippen molar-refractivity contribution in [2.45, 2.75) is 0 Å². The van der Waals surface area contributed by atoms with Gasteiger partial charge in [-0.05, 0) is 0 Å². The zero-order valence-electron chi connectivity index (χ0n) is 8.83. The van der Waals surface area contributed by atoms with Gasteiger partial charge in [0.15, 0.2) is 0 Å². The fourth-order valence-corrected chi connectivity index (χ4v) is 0. The summed E-state index contributed by atoms with van der Waals surface area (Å²) in [5, 5.41) is 13.6. The molecule has 0 fully saturated rings. The Kier molecular flexibility index (Phi) is 32.6. The van der Waals surface area contributed by atoms with E-state index in [9.17, 15) is 0 Å². The van der Waals surface area contributed by atoms with E-state index < -0.39 is 36.3 Å². The molecule has 0 aromatic carbocycles. The Morgan fingerprint density at radius 3 is 0.619 bits per heavy atom. The predicted molar refractivity (Wildman–Crippen MR) is 40.2 cm³/mol. The van der Waals surface area contributed by atoms with Crippen molar-refractivity contribution in [1.82, 2.24) is 0 Å². The third kappa shape index (κ3) is 3380. The fraction of sp³-hybridized carbons (Fsp3) is 0.